The zero-order chi connectivity index (χ0) is 17.6. The number of rotatable bonds is 4. The van der Waals surface area contributed by atoms with E-state index in [9.17, 15) is 17.6 Å². The summed E-state index contributed by atoms with van der Waals surface area (Å²) in [6, 6.07) is 0. The zero-order valence-corrected chi connectivity index (χ0v) is 14.4. The summed E-state index contributed by atoms with van der Waals surface area (Å²) >= 11 is 0. The first-order valence-corrected chi connectivity index (χ1v) is 9.13. The van der Waals surface area contributed by atoms with Gasteiger partial charge in [0, 0.05) is 5.92 Å². The maximum atomic E-state index is 13.6. The quantitative estimate of drug-likeness (QED) is 0.375. The lowest BCUT2D eigenvalue weighted by molar-refractivity contribution is -0.0820. The molecule has 4 heteroatoms. The van der Waals surface area contributed by atoms with Crippen LogP contribution in [0.3, 0.4) is 0 Å². The molecule has 2 saturated carbocycles. The first kappa shape index (κ1) is 19.3. The van der Waals surface area contributed by atoms with E-state index in [4.69, 9.17) is 0 Å². The van der Waals surface area contributed by atoms with Crippen molar-refractivity contribution >= 4 is 0 Å². The van der Waals surface area contributed by atoms with Gasteiger partial charge in [-0.3, -0.25) is 0 Å². The molecule has 136 valence electrons. The summed E-state index contributed by atoms with van der Waals surface area (Å²) in [6.07, 6.45) is 11.7. The molecule has 0 aromatic heterocycles. The van der Waals surface area contributed by atoms with Crippen LogP contribution in [0.2, 0.25) is 0 Å². The average Bonchev–Trinajstić information content (AvgIpc) is 2.53. The van der Waals surface area contributed by atoms with Crippen molar-refractivity contribution < 1.29 is 17.6 Å². The summed E-state index contributed by atoms with van der Waals surface area (Å²) in [5.74, 6) is 0.206. The zero-order valence-electron chi connectivity index (χ0n) is 14.4. The molecular weight excluding hydrogens is 316 g/mol. The Bertz CT molecular complexity index is 457. The van der Waals surface area contributed by atoms with E-state index in [2.05, 4.69) is 31.2 Å². The average molecular weight is 344 g/mol. The van der Waals surface area contributed by atoms with Gasteiger partial charge < -0.3 is 0 Å². The Morgan fingerprint density at radius 3 is 1.58 bits per heavy atom. The molecule has 24 heavy (non-hydrogen) atoms. The van der Waals surface area contributed by atoms with Crippen molar-refractivity contribution in [3.63, 3.8) is 0 Å². The van der Waals surface area contributed by atoms with E-state index in [-0.39, 0.29) is 6.08 Å². The van der Waals surface area contributed by atoms with Crippen LogP contribution in [0.5, 0.6) is 0 Å². The minimum atomic E-state index is -4.55. The first-order chi connectivity index (χ1) is 11.4. The van der Waals surface area contributed by atoms with Crippen LogP contribution in [0.4, 0.5) is 17.6 Å². The van der Waals surface area contributed by atoms with E-state index in [0.717, 1.165) is 18.8 Å². The molecule has 2 aliphatic carbocycles. The summed E-state index contributed by atoms with van der Waals surface area (Å²) in [4.78, 5) is 0. The van der Waals surface area contributed by atoms with Crippen LogP contribution in [0, 0.1) is 23.7 Å². The molecule has 0 bridgehead atoms. The molecule has 0 saturated heterocycles. The molecule has 2 rings (SSSR count). The summed E-state index contributed by atoms with van der Waals surface area (Å²) < 4.78 is 50.2. The van der Waals surface area contributed by atoms with Gasteiger partial charge in [0.25, 0.3) is 0 Å². The molecule has 0 heterocycles. The van der Waals surface area contributed by atoms with Crippen LogP contribution in [0.25, 0.3) is 0 Å². The number of hydrogen-bond acceptors (Lipinski definition) is 0. The smallest absolute Gasteiger partial charge is 0.212 e. The molecule has 0 atom stereocenters. The van der Waals surface area contributed by atoms with Gasteiger partial charge in [-0.15, -0.1) is 0 Å². The Morgan fingerprint density at radius 1 is 0.750 bits per heavy atom. The molecule has 0 radical (unpaired) electrons. The highest BCUT2D eigenvalue weighted by atomic mass is 19.4. The Morgan fingerprint density at radius 2 is 1.17 bits per heavy atom. The number of allylic oxidation sites excluding steroid dienone is 6. The van der Waals surface area contributed by atoms with Crippen molar-refractivity contribution in [2.45, 2.75) is 64.5 Å². The van der Waals surface area contributed by atoms with Crippen LogP contribution >= 0.6 is 0 Å². The predicted octanol–water partition coefficient (Wildman–Crippen LogP) is 7.15. The second-order valence-corrected chi connectivity index (χ2v) is 7.27. The molecule has 0 amide bonds. The van der Waals surface area contributed by atoms with Crippen LogP contribution in [0.15, 0.2) is 36.2 Å². The van der Waals surface area contributed by atoms with Crippen molar-refractivity contribution in [2.75, 3.05) is 0 Å². The van der Waals surface area contributed by atoms with Gasteiger partial charge in [-0.1, -0.05) is 24.3 Å². The van der Waals surface area contributed by atoms with Gasteiger partial charge in [0.2, 0.25) is 0 Å². The molecule has 0 aromatic carbocycles. The third-order valence-electron chi connectivity index (χ3n) is 5.40. The van der Waals surface area contributed by atoms with Gasteiger partial charge in [0.1, 0.15) is 5.83 Å². The highest BCUT2D eigenvalue weighted by Crippen LogP contribution is 2.37. The van der Waals surface area contributed by atoms with Crippen LogP contribution in [-0.4, -0.2) is 6.18 Å². The van der Waals surface area contributed by atoms with E-state index in [0.29, 0.717) is 24.7 Å². The molecule has 0 aromatic rings. The van der Waals surface area contributed by atoms with Crippen molar-refractivity contribution in [2.24, 2.45) is 23.7 Å². The van der Waals surface area contributed by atoms with Crippen molar-refractivity contribution in [3.05, 3.63) is 36.2 Å². The normalized spacial score (nSPS) is 33.5. The number of halogens is 4. The van der Waals surface area contributed by atoms with Gasteiger partial charge in [-0.2, -0.15) is 13.2 Å². The molecular formula is C20H28F4. The van der Waals surface area contributed by atoms with E-state index in [1.807, 2.05) is 0 Å². The third kappa shape index (κ3) is 6.45. The number of hydrogen-bond donors (Lipinski definition) is 0. The lowest BCUT2D eigenvalue weighted by Crippen LogP contribution is -2.16. The Hall–Kier alpha value is -1.06. The third-order valence-corrected chi connectivity index (χ3v) is 5.40. The van der Waals surface area contributed by atoms with Crippen LogP contribution in [0.1, 0.15) is 58.3 Å². The summed E-state index contributed by atoms with van der Waals surface area (Å²) in [7, 11) is 0. The Balaban J connectivity index is 1.74. The first-order valence-electron chi connectivity index (χ1n) is 9.13. The molecule has 0 aliphatic heterocycles. The molecule has 2 aliphatic rings. The molecule has 0 nitrogen and oxygen atoms in total. The lowest BCUT2D eigenvalue weighted by Gasteiger charge is -2.27. The Kier molecular flexibility index (Phi) is 7.12. The molecule has 2 fully saturated rings. The highest BCUT2D eigenvalue weighted by molar-refractivity contribution is 5.05. The van der Waals surface area contributed by atoms with E-state index in [1.54, 1.807) is 0 Å². The summed E-state index contributed by atoms with van der Waals surface area (Å²) in [6.45, 7) is 2.06. The lowest BCUT2D eigenvalue weighted by atomic mass is 9.78. The summed E-state index contributed by atoms with van der Waals surface area (Å²) in [5, 5.41) is 0. The highest BCUT2D eigenvalue weighted by Gasteiger charge is 2.30. The SMILES string of the molecule is CC=CC1CCC(C=CC2CCC(C(F)=CC(F)(F)F)CC2)CC1. The topological polar surface area (TPSA) is 0 Å². The standard InChI is InChI=1S/C20H28F4/c1-2-3-15-4-6-16(7-5-15)8-9-17-10-12-18(13-11-17)19(21)14-20(22,23)24/h2-3,8-9,14-18H,4-7,10-13H2,1H3. The molecule has 0 N–H and O–H groups in total. The van der Waals surface area contributed by atoms with Crippen molar-refractivity contribution in [3.8, 4) is 0 Å². The van der Waals surface area contributed by atoms with E-state index in [1.165, 1.54) is 25.7 Å². The fourth-order valence-electron chi connectivity index (χ4n) is 3.98. The molecule has 0 unspecified atom stereocenters. The summed E-state index contributed by atoms with van der Waals surface area (Å²) in [5.41, 5.74) is 0. The van der Waals surface area contributed by atoms with Crippen LogP contribution < -0.4 is 0 Å². The largest absolute Gasteiger partial charge is 0.412 e. The van der Waals surface area contributed by atoms with Gasteiger partial charge in [-0.25, -0.2) is 4.39 Å². The fourth-order valence-corrected chi connectivity index (χ4v) is 3.98. The fraction of sp³-hybridized carbons (Fsp3) is 0.700. The van der Waals surface area contributed by atoms with Crippen molar-refractivity contribution in [1.29, 1.82) is 0 Å². The van der Waals surface area contributed by atoms with Gasteiger partial charge in [0.15, 0.2) is 0 Å². The second-order valence-electron chi connectivity index (χ2n) is 7.27. The van der Waals surface area contributed by atoms with Crippen LogP contribution in [-0.2, 0) is 0 Å². The molecule has 0 spiro atoms. The van der Waals surface area contributed by atoms with Gasteiger partial charge >= 0.3 is 6.18 Å². The van der Waals surface area contributed by atoms with Gasteiger partial charge in [0.05, 0.1) is 6.08 Å². The minimum Gasteiger partial charge on any atom is -0.212 e. The predicted molar refractivity (Wildman–Crippen MR) is 90.1 cm³/mol. The maximum absolute atomic E-state index is 13.6. The van der Waals surface area contributed by atoms with E-state index >= 15 is 0 Å². The van der Waals surface area contributed by atoms with E-state index < -0.39 is 17.9 Å². The Labute approximate surface area is 142 Å². The maximum Gasteiger partial charge on any atom is 0.412 e. The number of alkyl halides is 3. The second kappa shape index (κ2) is 8.87. The minimum absolute atomic E-state index is 0.170. The van der Waals surface area contributed by atoms with Crippen molar-refractivity contribution in [1.82, 2.24) is 0 Å². The monoisotopic (exact) mass is 344 g/mol. The van der Waals surface area contributed by atoms with Gasteiger partial charge in [-0.05, 0) is 76.0 Å².